The summed E-state index contributed by atoms with van der Waals surface area (Å²) in [5, 5.41) is 11.3. The minimum absolute atomic E-state index is 0.0708. The number of carbonyl (C=O) groups excluding carboxylic acids is 1. The molecule has 0 aromatic heterocycles. The van der Waals surface area contributed by atoms with Crippen LogP contribution in [0.1, 0.15) is 20.7 Å². The zero-order valence-electron chi connectivity index (χ0n) is 10.4. The largest absolute Gasteiger partial charge is 0.478 e. The summed E-state index contributed by atoms with van der Waals surface area (Å²) in [5.41, 5.74) is 0.559. The van der Waals surface area contributed by atoms with Crippen LogP contribution in [0.15, 0.2) is 40.9 Å². The molecular weight excluding hydrogens is 365 g/mol. The zero-order valence-corrected chi connectivity index (χ0v) is 12.7. The van der Waals surface area contributed by atoms with Gasteiger partial charge < -0.3 is 10.4 Å². The minimum Gasteiger partial charge on any atom is -0.478 e. The van der Waals surface area contributed by atoms with E-state index >= 15 is 0 Å². The molecule has 0 bridgehead atoms. The molecule has 0 saturated carbocycles. The molecule has 0 aliphatic carbocycles. The molecule has 0 radical (unpaired) electrons. The Bertz CT molecular complexity index is 736. The van der Waals surface area contributed by atoms with Gasteiger partial charge in [-0.15, -0.1) is 0 Å². The lowest BCUT2D eigenvalue weighted by Crippen LogP contribution is -2.13. The highest BCUT2D eigenvalue weighted by molar-refractivity contribution is 9.10. The SMILES string of the molecule is O=C(O)c1ccc(NC(=O)c2ccc(Cl)c(F)c2)c(Br)c1. The van der Waals surface area contributed by atoms with E-state index in [0.29, 0.717) is 10.2 Å². The maximum atomic E-state index is 13.3. The third-order valence-corrected chi connectivity index (χ3v) is 3.61. The van der Waals surface area contributed by atoms with E-state index in [0.717, 1.165) is 6.07 Å². The van der Waals surface area contributed by atoms with Gasteiger partial charge in [0.2, 0.25) is 0 Å². The normalized spacial score (nSPS) is 10.2. The molecule has 0 unspecified atom stereocenters. The number of benzene rings is 2. The molecule has 0 spiro atoms. The first-order valence-corrected chi connectivity index (χ1v) is 6.85. The number of halogens is 3. The van der Waals surface area contributed by atoms with Gasteiger partial charge in [0.25, 0.3) is 5.91 Å². The molecule has 0 saturated heterocycles. The second-order valence-corrected chi connectivity index (χ2v) is 5.34. The van der Waals surface area contributed by atoms with Crippen LogP contribution in [0.5, 0.6) is 0 Å². The third kappa shape index (κ3) is 3.59. The highest BCUT2D eigenvalue weighted by Gasteiger charge is 2.12. The van der Waals surface area contributed by atoms with Crippen molar-refractivity contribution in [3.8, 4) is 0 Å². The Hall–Kier alpha value is -1.92. The Morgan fingerprint density at radius 3 is 2.38 bits per heavy atom. The van der Waals surface area contributed by atoms with Gasteiger partial charge in [-0.05, 0) is 52.3 Å². The molecule has 2 rings (SSSR count). The van der Waals surface area contributed by atoms with Gasteiger partial charge in [-0.25, -0.2) is 9.18 Å². The zero-order chi connectivity index (χ0) is 15.6. The molecule has 0 heterocycles. The van der Waals surface area contributed by atoms with E-state index < -0.39 is 17.7 Å². The quantitative estimate of drug-likeness (QED) is 0.849. The Balaban J connectivity index is 2.23. The average Bonchev–Trinajstić information content (AvgIpc) is 2.43. The molecule has 0 atom stereocenters. The molecule has 4 nitrogen and oxygen atoms in total. The smallest absolute Gasteiger partial charge is 0.335 e. The number of amides is 1. The number of carboxylic acids is 1. The van der Waals surface area contributed by atoms with Gasteiger partial charge in [-0.2, -0.15) is 0 Å². The molecule has 108 valence electrons. The van der Waals surface area contributed by atoms with Crippen molar-refractivity contribution in [1.82, 2.24) is 0 Å². The van der Waals surface area contributed by atoms with Crippen LogP contribution < -0.4 is 5.32 Å². The molecule has 2 aromatic rings. The summed E-state index contributed by atoms with van der Waals surface area (Å²) in [6, 6.07) is 7.86. The highest BCUT2D eigenvalue weighted by Crippen LogP contribution is 2.25. The number of rotatable bonds is 3. The van der Waals surface area contributed by atoms with Crippen LogP contribution in [-0.4, -0.2) is 17.0 Å². The van der Waals surface area contributed by atoms with Crippen LogP contribution >= 0.6 is 27.5 Å². The maximum absolute atomic E-state index is 13.3. The summed E-state index contributed by atoms with van der Waals surface area (Å²) in [4.78, 5) is 22.8. The fourth-order valence-corrected chi connectivity index (χ4v) is 2.18. The van der Waals surface area contributed by atoms with E-state index in [-0.39, 0.29) is 16.1 Å². The summed E-state index contributed by atoms with van der Waals surface area (Å²) in [7, 11) is 0. The van der Waals surface area contributed by atoms with Gasteiger partial charge in [-0.3, -0.25) is 4.79 Å². The number of carboxylic acid groups (broad SMARTS) is 1. The summed E-state index contributed by atoms with van der Waals surface area (Å²) in [6.45, 7) is 0. The Kier molecular flexibility index (Phi) is 4.59. The second kappa shape index (κ2) is 6.24. The second-order valence-electron chi connectivity index (χ2n) is 4.08. The first-order valence-electron chi connectivity index (χ1n) is 5.67. The molecule has 2 N–H and O–H groups in total. The summed E-state index contributed by atoms with van der Waals surface area (Å²) >= 11 is 8.72. The van der Waals surface area contributed by atoms with Crippen molar-refractivity contribution < 1.29 is 19.1 Å². The molecule has 0 aliphatic rings. The van der Waals surface area contributed by atoms with Gasteiger partial charge >= 0.3 is 5.97 Å². The summed E-state index contributed by atoms with van der Waals surface area (Å²) in [6.07, 6.45) is 0. The fraction of sp³-hybridized carbons (Fsp3) is 0. The number of anilines is 1. The first kappa shape index (κ1) is 15.5. The van der Waals surface area contributed by atoms with Crippen molar-refractivity contribution >= 4 is 45.1 Å². The fourth-order valence-electron chi connectivity index (χ4n) is 1.58. The summed E-state index contributed by atoms with van der Waals surface area (Å²) in [5.74, 6) is -2.30. The van der Waals surface area contributed by atoms with E-state index in [4.69, 9.17) is 16.7 Å². The molecule has 21 heavy (non-hydrogen) atoms. The van der Waals surface area contributed by atoms with Crippen LogP contribution in [0.2, 0.25) is 5.02 Å². The Morgan fingerprint density at radius 1 is 1.14 bits per heavy atom. The van der Waals surface area contributed by atoms with E-state index in [1.807, 2.05) is 0 Å². The van der Waals surface area contributed by atoms with Crippen LogP contribution in [-0.2, 0) is 0 Å². The predicted molar refractivity (Wildman–Crippen MR) is 80.5 cm³/mol. The number of hydrogen-bond acceptors (Lipinski definition) is 2. The standard InChI is InChI=1S/C14H8BrClFNO3/c15-9-5-8(14(20)21)2-4-12(9)18-13(19)7-1-3-10(16)11(17)6-7/h1-6H,(H,18,19)(H,20,21). The van der Waals surface area contributed by atoms with Crippen molar-refractivity contribution in [1.29, 1.82) is 0 Å². The van der Waals surface area contributed by atoms with Crippen LogP contribution in [0.3, 0.4) is 0 Å². The maximum Gasteiger partial charge on any atom is 0.335 e. The topological polar surface area (TPSA) is 66.4 Å². The minimum atomic E-state index is -1.08. The molecule has 0 aliphatic heterocycles. The lowest BCUT2D eigenvalue weighted by atomic mass is 10.2. The molecular formula is C14H8BrClFNO3. The molecule has 0 fully saturated rings. The molecule has 7 heteroatoms. The van der Waals surface area contributed by atoms with Gasteiger partial charge in [-0.1, -0.05) is 11.6 Å². The molecule has 1 amide bonds. The lowest BCUT2D eigenvalue weighted by Gasteiger charge is -2.08. The van der Waals surface area contributed by atoms with Crippen LogP contribution in [0.25, 0.3) is 0 Å². The van der Waals surface area contributed by atoms with Crippen molar-refractivity contribution in [2.24, 2.45) is 0 Å². The first-order chi connectivity index (χ1) is 9.88. The van der Waals surface area contributed by atoms with Crippen LogP contribution in [0.4, 0.5) is 10.1 Å². The van der Waals surface area contributed by atoms with Gasteiger partial charge in [0.15, 0.2) is 0 Å². The van der Waals surface area contributed by atoms with Gasteiger partial charge in [0.1, 0.15) is 5.82 Å². The van der Waals surface area contributed by atoms with Crippen molar-refractivity contribution in [2.75, 3.05) is 5.32 Å². The average molecular weight is 373 g/mol. The number of aromatic carboxylic acids is 1. The van der Waals surface area contributed by atoms with E-state index in [9.17, 15) is 14.0 Å². The van der Waals surface area contributed by atoms with Crippen molar-refractivity contribution in [2.45, 2.75) is 0 Å². The summed E-state index contributed by atoms with van der Waals surface area (Å²) < 4.78 is 13.7. The number of hydrogen-bond donors (Lipinski definition) is 2. The Morgan fingerprint density at radius 2 is 1.81 bits per heavy atom. The van der Waals surface area contributed by atoms with Crippen molar-refractivity contribution in [3.63, 3.8) is 0 Å². The van der Waals surface area contributed by atoms with Gasteiger partial charge in [0, 0.05) is 10.0 Å². The van der Waals surface area contributed by atoms with E-state index in [1.54, 1.807) is 0 Å². The lowest BCUT2D eigenvalue weighted by molar-refractivity contribution is 0.0696. The number of nitrogens with one attached hydrogen (secondary N) is 1. The van der Waals surface area contributed by atoms with E-state index in [1.165, 1.54) is 30.3 Å². The van der Waals surface area contributed by atoms with Gasteiger partial charge in [0.05, 0.1) is 16.3 Å². The highest BCUT2D eigenvalue weighted by atomic mass is 79.9. The predicted octanol–water partition coefficient (Wildman–Crippen LogP) is 4.19. The van der Waals surface area contributed by atoms with E-state index in [2.05, 4.69) is 21.2 Å². The number of carbonyl (C=O) groups is 2. The monoisotopic (exact) mass is 371 g/mol. The van der Waals surface area contributed by atoms with Crippen LogP contribution in [0, 0.1) is 5.82 Å². The molecule has 2 aromatic carbocycles. The Labute approximate surface area is 132 Å². The third-order valence-electron chi connectivity index (χ3n) is 2.65. The van der Waals surface area contributed by atoms with Crippen molar-refractivity contribution in [3.05, 3.63) is 62.8 Å².